The Balaban J connectivity index is 1.40. The highest BCUT2D eigenvalue weighted by molar-refractivity contribution is 7.09. The highest BCUT2D eigenvalue weighted by Gasteiger charge is 2.13. The van der Waals surface area contributed by atoms with Gasteiger partial charge in [0, 0.05) is 37.1 Å². The van der Waals surface area contributed by atoms with Gasteiger partial charge < -0.3 is 16.0 Å². The van der Waals surface area contributed by atoms with E-state index in [9.17, 15) is 4.79 Å². The van der Waals surface area contributed by atoms with Gasteiger partial charge in [0.15, 0.2) is 5.96 Å². The third-order valence-corrected chi connectivity index (χ3v) is 6.10. The summed E-state index contributed by atoms with van der Waals surface area (Å²) in [6.45, 7) is 6.51. The molecule has 0 fully saturated rings. The molecule has 4 rings (SSSR count). The van der Waals surface area contributed by atoms with Crippen molar-refractivity contribution in [1.82, 2.24) is 15.6 Å². The van der Waals surface area contributed by atoms with Gasteiger partial charge in [0.05, 0.1) is 5.01 Å². The number of carbonyl (C=O) groups excluding carboxylic acids is 1. The Morgan fingerprint density at radius 2 is 2.00 bits per heavy atom. The number of nitrogens with zero attached hydrogens (tertiary/aromatic N) is 2. The number of thiazole rings is 1. The minimum atomic E-state index is -0.139. The van der Waals surface area contributed by atoms with Crippen LogP contribution in [0.4, 0.5) is 5.69 Å². The number of guanidine groups is 1. The zero-order valence-corrected chi connectivity index (χ0v) is 18.7. The fraction of sp³-hybridized carbons (Fsp3) is 0.292. The fourth-order valence-electron chi connectivity index (χ4n) is 3.47. The highest BCUT2D eigenvalue weighted by atomic mass is 32.1. The fourth-order valence-corrected chi connectivity index (χ4v) is 4.27. The number of amides is 1. The molecular formula is C24H27N5OS. The van der Waals surface area contributed by atoms with Crippen molar-refractivity contribution in [2.75, 3.05) is 18.4 Å². The van der Waals surface area contributed by atoms with Crippen LogP contribution in [0.2, 0.25) is 0 Å². The third kappa shape index (κ3) is 5.49. The molecule has 31 heavy (non-hydrogen) atoms. The molecule has 0 saturated heterocycles. The van der Waals surface area contributed by atoms with E-state index in [0.717, 1.165) is 47.3 Å². The van der Waals surface area contributed by atoms with Gasteiger partial charge in [0.25, 0.3) is 5.91 Å². The number of rotatable bonds is 6. The molecular weight excluding hydrogens is 406 g/mol. The summed E-state index contributed by atoms with van der Waals surface area (Å²) in [6, 6.07) is 14.2. The predicted octanol–water partition coefficient (Wildman–Crippen LogP) is 4.04. The number of anilines is 1. The van der Waals surface area contributed by atoms with E-state index < -0.39 is 0 Å². The molecule has 7 heteroatoms. The maximum absolute atomic E-state index is 12.4. The molecule has 0 aliphatic carbocycles. The molecule has 160 valence electrons. The van der Waals surface area contributed by atoms with Crippen LogP contribution in [0.1, 0.15) is 44.2 Å². The Hall–Kier alpha value is -3.19. The molecule has 0 saturated carbocycles. The molecule has 6 nitrogen and oxygen atoms in total. The maximum Gasteiger partial charge on any atom is 0.271 e. The average molecular weight is 434 g/mol. The van der Waals surface area contributed by atoms with E-state index in [2.05, 4.69) is 51.9 Å². The van der Waals surface area contributed by atoms with Gasteiger partial charge in [0.1, 0.15) is 5.69 Å². The topological polar surface area (TPSA) is 78.4 Å². The van der Waals surface area contributed by atoms with E-state index in [4.69, 9.17) is 0 Å². The molecule has 3 N–H and O–H groups in total. The van der Waals surface area contributed by atoms with Crippen LogP contribution in [0.5, 0.6) is 0 Å². The van der Waals surface area contributed by atoms with Gasteiger partial charge in [0.2, 0.25) is 0 Å². The summed E-state index contributed by atoms with van der Waals surface area (Å²) < 4.78 is 0. The summed E-state index contributed by atoms with van der Waals surface area (Å²) in [6.07, 6.45) is 1.78. The highest BCUT2D eigenvalue weighted by Crippen LogP contribution is 2.24. The van der Waals surface area contributed by atoms with Gasteiger partial charge in [-0.2, -0.15) is 0 Å². The summed E-state index contributed by atoms with van der Waals surface area (Å²) in [7, 11) is 0. The first-order chi connectivity index (χ1) is 15.1. The monoisotopic (exact) mass is 433 g/mol. The first-order valence-electron chi connectivity index (χ1n) is 10.5. The Morgan fingerprint density at radius 1 is 1.16 bits per heavy atom. The summed E-state index contributed by atoms with van der Waals surface area (Å²) in [4.78, 5) is 21.5. The van der Waals surface area contributed by atoms with Gasteiger partial charge in [-0.25, -0.2) is 4.98 Å². The summed E-state index contributed by atoms with van der Waals surface area (Å²) in [5.41, 5.74) is 6.18. The molecule has 2 heterocycles. The molecule has 0 atom stereocenters. The quantitative estimate of drug-likeness (QED) is 0.548. The second kappa shape index (κ2) is 9.75. The van der Waals surface area contributed by atoms with Crippen molar-refractivity contribution in [3.05, 3.63) is 80.8 Å². The largest absolute Gasteiger partial charge is 0.356 e. The minimum absolute atomic E-state index is 0.139. The molecule has 2 aromatic carbocycles. The number of hydrogen-bond acceptors (Lipinski definition) is 6. The zero-order chi connectivity index (χ0) is 21.6. The van der Waals surface area contributed by atoms with Crippen molar-refractivity contribution < 1.29 is 4.79 Å². The van der Waals surface area contributed by atoms with Crippen LogP contribution in [-0.4, -0.2) is 29.9 Å². The van der Waals surface area contributed by atoms with Crippen LogP contribution in [0.25, 0.3) is 0 Å². The van der Waals surface area contributed by atoms with E-state index in [-0.39, 0.29) is 5.91 Å². The number of carbonyl (C=O) groups is 1. The van der Waals surface area contributed by atoms with Crippen LogP contribution in [-0.2, 0) is 13.0 Å². The summed E-state index contributed by atoms with van der Waals surface area (Å²) in [5, 5.41) is 12.4. The Kier molecular flexibility index (Phi) is 6.62. The van der Waals surface area contributed by atoms with Crippen molar-refractivity contribution in [2.45, 2.75) is 33.2 Å². The molecule has 1 aliphatic heterocycles. The van der Waals surface area contributed by atoms with E-state index in [0.29, 0.717) is 18.7 Å². The van der Waals surface area contributed by atoms with Crippen LogP contribution in [0, 0.1) is 13.8 Å². The average Bonchev–Trinajstić information content (AvgIpc) is 3.26. The lowest BCUT2D eigenvalue weighted by atomic mass is 10.0. The van der Waals surface area contributed by atoms with Crippen molar-refractivity contribution in [3.8, 4) is 0 Å². The molecule has 0 spiro atoms. The van der Waals surface area contributed by atoms with Gasteiger partial charge in [-0.1, -0.05) is 36.4 Å². The molecule has 0 unspecified atom stereocenters. The van der Waals surface area contributed by atoms with Crippen LogP contribution < -0.4 is 16.0 Å². The maximum atomic E-state index is 12.4. The summed E-state index contributed by atoms with van der Waals surface area (Å²) in [5.74, 6) is 0.701. The van der Waals surface area contributed by atoms with E-state index in [1.165, 1.54) is 22.5 Å². The zero-order valence-electron chi connectivity index (χ0n) is 17.9. The van der Waals surface area contributed by atoms with E-state index in [1.807, 2.05) is 35.7 Å². The molecule has 1 aromatic heterocycles. The first-order valence-corrected chi connectivity index (χ1v) is 11.4. The van der Waals surface area contributed by atoms with Gasteiger partial charge in [-0.3, -0.25) is 9.79 Å². The van der Waals surface area contributed by atoms with E-state index in [1.54, 1.807) is 0 Å². The van der Waals surface area contributed by atoms with Crippen molar-refractivity contribution >= 4 is 28.9 Å². The lowest BCUT2D eigenvalue weighted by molar-refractivity contribution is 0.0946. The number of benzene rings is 2. The minimum Gasteiger partial charge on any atom is -0.356 e. The van der Waals surface area contributed by atoms with Crippen molar-refractivity contribution in [3.63, 3.8) is 0 Å². The second-order valence-corrected chi connectivity index (χ2v) is 8.64. The number of aryl methyl sites for hydroxylation is 2. The Labute approximate surface area is 186 Å². The standard InChI is InChI=1S/C24H27N5OS/c1-16-12-20(29-24-25-9-6-10-26-24)17(2)11-19(16)13-22-28-21(15-31-22)23(30)27-14-18-7-4-3-5-8-18/h3-5,7-8,11-12,15H,6,9-10,13-14H2,1-2H3,(H,27,30)(H2,25,26,29). The van der Waals surface area contributed by atoms with Gasteiger partial charge >= 0.3 is 0 Å². The molecule has 3 aromatic rings. The normalized spacial score (nSPS) is 13.3. The van der Waals surface area contributed by atoms with Crippen molar-refractivity contribution in [2.24, 2.45) is 4.99 Å². The lowest BCUT2D eigenvalue weighted by Crippen LogP contribution is -2.35. The number of nitrogens with one attached hydrogen (secondary N) is 3. The lowest BCUT2D eigenvalue weighted by Gasteiger charge is -2.18. The van der Waals surface area contributed by atoms with Crippen LogP contribution >= 0.6 is 11.3 Å². The Bertz CT molecular complexity index is 1090. The third-order valence-electron chi connectivity index (χ3n) is 5.26. The number of hydrogen-bond donors (Lipinski definition) is 3. The molecule has 0 radical (unpaired) electrons. The smallest absolute Gasteiger partial charge is 0.271 e. The predicted molar refractivity (Wildman–Crippen MR) is 127 cm³/mol. The first kappa shape index (κ1) is 21.1. The summed E-state index contributed by atoms with van der Waals surface area (Å²) >= 11 is 1.52. The van der Waals surface area contributed by atoms with Crippen molar-refractivity contribution in [1.29, 1.82) is 0 Å². The van der Waals surface area contributed by atoms with Gasteiger partial charge in [-0.05, 0) is 48.6 Å². The number of aliphatic imine (C=N–C) groups is 1. The molecule has 1 aliphatic rings. The Morgan fingerprint density at radius 3 is 2.77 bits per heavy atom. The van der Waals surface area contributed by atoms with E-state index >= 15 is 0 Å². The number of aromatic nitrogens is 1. The van der Waals surface area contributed by atoms with Crippen LogP contribution in [0.3, 0.4) is 0 Å². The SMILES string of the molecule is Cc1cc(NC2=NCCCN2)c(C)cc1Cc1nc(C(=O)NCc2ccccc2)cs1. The van der Waals surface area contributed by atoms with Crippen LogP contribution in [0.15, 0.2) is 52.8 Å². The second-order valence-electron chi connectivity index (χ2n) is 7.70. The molecule has 0 bridgehead atoms. The molecule has 1 amide bonds. The van der Waals surface area contributed by atoms with Gasteiger partial charge in [-0.15, -0.1) is 11.3 Å².